The van der Waals surface area contributed by atoms with Gasteiger partial charge >= 0.3 is 5.97 Å². The summed E-state index contributed by atoms with van der Waals surface area (Å²) in [4.78, 5) is 26.5. The van der Waals surface area contributed by atoms with Gasteiger partial charge in [0.2, 0.25) is 0 Å². The Kier molecular flexibility index (Phi) is 4.87. The predicted octanol–water partition coefficient (Wildman–Crippen LogP) is 3.84. The second-order valence-corrected chi connectivity index (χ2v) is 9.24. The quantitative estimate of drug-likeness (QED) is 0.773. The van der Waals surface area contributed by atoms with Crippen LogP contribution in [0.4, 0.5) is 11.4 Å². The highest BCUT2D eigenvalue weighted by Crippen LogP contribution is 2.61. The van der Waals surface area contributed by atoms with Crippen LogP contribution >= 0.6 is 0 Å². The molecule has 4 bridgehead atoms. The minimum atomic E-state index is -0.286. The van der Waals surface area contributed by atoms with Gasteiger partial charge in [-0.15, -0.1) is 0 Å². The summed E-state index contributed by atoms with van der Waals surface area (Å²) in [6.07, 6.45) is 8.12. The third-order valence-corrected chi connectivity index (χ3v) is 6.72. The number of rotatable bonds is 6. The second-order valence-electron chi connectivity index (χ2n) is 9.24. The highest BCUT2D eigenvalue weighted by atomic mass is 16.5. The molecule has 27 heavy (non-hydrogen) atoms. The first kappa shape index (κ1) is 18.3. The number of anilines is 2. The highest BCUT2D eigenvalue weighted by molar-refractivity contribution is 5.93. The summed E-state index contributed by atoms with van der Waals surface area (Å²) >= 11 is 0. The number of amides is 1. The average molecular weight is 370 g/mol. The molecular weight excluding hydrogens is 340 g/mol. The lowest BCUT2D eigenvalue weighted by Gasteiger charge is -2.56. The van der Waals surface area contributed by atoms with Crippen LogP contribution in [0, 0.1) is 23.2 Å². The lowest BCUT2D eigenvalue weighted by molar-refractivity contribution is -0.154. The summed E-state index contributed by atoms with van der Waals surface area (Å²) in [5, 5.41) is 2.79. The number of ether oxygens (including phenoxy) is 1. The van der Waals surface area contributed by atoms with Gasteiger partial charge in [0.05, 0.1) is 6.42 Å². The van der Waals surface area contributed by atoms with Crippen molar-refractivity contribution < 1.29 is 14.3 Å². The van der Waals surface area contributed by atoms with Gasteiger partial charge in [-0.05, 0) is 86.0 Å². The average Bonchev–Trinajstić information content (AvgIpc) is 2.59. The fourth-order valence-corrected chi connectivity index (χ4v) is 6.05. The van der Waals surface area contributed by atoms with Crippen LogP contribution in [-0.2, 0) is 14.3 Å². The van der Waals surface area contributed by atoms with Crippen molar-refractivity contribution in [3.63, 3.8) is 0 Å². The molecule has 5 nitrogen and oxygen atoms in total. The standard InChI is InChI=1S/C22H30N2O3/c1-24(2)19-5-3-18(4-6-19)23-20(25)14-27-21(26)13-22-10-15-7-16(11-22)9-17(8-15)12-22/h3-6,15-17H,7-14H2,1-2H3,(H,23,25). The molecule has 1 aromatic rings. The van der Waals surface area contributed by atoms with Crippen LogP contribution in [-0.4, -0.2) is 32.6 Å². The van der Waals surface area contributed by atoms with E-state index in [-0.39, 0.29) is 23.9 Å². The van der Waals surface area contributed by atoms with Crippen LogP contribution in [0.5, 0.6) is 0 Å². The molecule has 0 aliphatic heterocycles. The minimum Gasteiger partial charge on any atom is -0.456 e. The number of carbonyl (C=O) groups is 2. The first-order valence-corrected chi connectivity index (χ1v) is 10.1. The van der Waals surface area contributed by atoms with Crippen LogP contribution in [0.15, 0.2) is 24.3 Å². The predicted molar refractivity (Wildman–Crippen MR) is 106 cm³/mol. The Hall–Kier alpha value is -2.04. The fourth-order valence-electron chi connectivity index (χ4n) is 6.05. The van der Waals surface area contributed by atoms with Gasteiger partial charge in [-0.1, -0.05) is 0 Å². The molecule has 0 atom stereocenters. The summed E-state index contributed by atoms with van der Waals surface area (Å²) in [6, 6.07) is 7.58. The third-order valence-electron chi connectivity index (χ3n) is 6.72. The Bertz CT molecular complexity index is 675. The molecule has 4 aliphatic carbocycles. The maximum Gasteiger partial charge on any atom is 0.306 e. The Balaban J connectivity index is 1.25. The van der Waals surface area contributed by atoms with E-state index < -0.39 is 0 Å². The topological polar surface area (TPSA) is 58.6 Å². The molecule has 5 heteroatoms. The molecule has 4 fully saturated rings. The van der Waals surface area contributed by atoms with Crippen LogP contribution in [0.25, 0.3) is 0 Å². The van der Waals surface area contributed by atoms with Crippen molar-refractivity contribution in [1.29, 1.82) is 0 Å². The number of esters is 1. The van der Waals surface area contributed by atoms with Gasteiger partial charge in [0, 0.05) is 25.5 Å². The monoisotopic (exact) mass is 370 g/mol. The summed E-state index contributed by atoms with van der Waals surface area (Å²) < 4.78 is 5.32. The zero-order valence-corrected chi connectivity index (χ0v) is 16.4. The zero-order valence-electron chi connectivity index (χ0n) is 16.4. The third kappa shape index (κ3) is 4.12. The molecular formula is C22H30N2O3. The first-order valence-electron chi connectivity index (χ1n) is 10.1. The Labute approximate surface area is 161 Å². The molecule has 5 rings (SSSR count). The number of carbonyl (C=O) groups excluding carboxylic acids is 2. The smallest absolute Gasteiger partial charge is 0.306 e. The lowest BCUT2D eigenvalue weighted by Crippen LogP contribution is -2.47. The lowest BCUT2D eigenvalue weighted by atomic mass is 9.49. The summed E-state index contributed by atoms with van der Waals surface area (Å²) in [7, 11) is 3.94. The second kappa shape index (κ2) is 7.17. The summed E-state index contributed by atoms with van der Waals surface area (Å²) in [5.41, 5.74) is 1.93. The van der Waals surface area contributed by atoms with Crippen LogP contribution < -0.4 is 10.2 Å². The van der Waals surface area contributed by atoms with Gasteiger partial charge < -0.3 is 15.0 Å². The molecule has 0 aromatic heterocycles. The van der Waals surface area contributed by atoms with Gasteiger partial charge in [-0.25, -0.2) is 0 Å². The van der Waals surface area contributed by atoms with Crippen molar-refractivity contribution in [2.45, 2.75) is 44.9 Å². The van der Waals surface area contributed by atoms with E-state index in [0.29, 0.717) is 12.1 Å². The van der Waals surface area contributed by atoms with Crippen LogP contribution in [0.2, 0.25) is 0 Å². The molecule has 146 valence electrons. The van der Waals surface area contributed by atoms with Gasteiger partial charge in [-0.2, -0.15) is 0 Å². The summed E-state index contributed by atoms with van der Waals surface area (Å²) in [6.45, 7) is -0.208. The van der Waals surface area contributed by atoms with Crippen molar-refractivity contribution in [2.24, 2.45) is 23.2 Å². The highest BCUT2D eigenvalue weighted by Gasteiger charge is 2.51. The van der Waals surface area contributed by atoms with Crippen molar-refractivity contribution in [3.05, 3.63) is 24.3 Å². The Morgan fingerprint density at radius 1 is 1.04 bits per heavy atom. The minimum absolute atomic E-state index is 0.157. The SMILES string of the molecule is CN(C)c1ccc(NC(=O)COC(=O)CC23CC4CC(CC(C4)C2)C3)cc1. The van der Waals surface area contributed by atoms with Crippen LogP contribution in [0.3, 0.4) is 0 Å². The van der Waals surface area contributed by atoms with Gasteiger partial charge in [-0.3, -0.25) is 9.59 Å². The summed E-state index contributed by atoms with van der Waals surface area (Å²) in [5.74, 6) is 1.95. The molecule has 0 radical (unpaired) electrons. The Morgan fingerprint density at radius 2 is 1.59 bits per heavy atom. The molecule has 0 saturated heterocycles. The van der Waals surface area contributed by atoms with E-state index >= 15 is 0 Å². The first-order chi connectivity index (χ1) is 12.9. The molecule has 1 amide bonds. The normalized spacial score (nSPS) is 30.8. The Morgan fingerprint density at radius 3 is 2.11 bits per heavy atom. The number of benzene rings is 1. The molecule has 4 saturated carbocycles. The van der Waals surface area contributed by atoms with E-state index in [9.17, 15) is 9.59 Å². The van der Waals surface area contributed by atoms with Gasteiger partial charge in [0.15, 0.2) is 6.61 Å². The zero-order chi connectivity index (χ0) is 19.0. The fraction of sp³-hybridized carbons (Fsp3) is 0.636. The van der Waals surface area contributed by atoms with E-state index in [2.05, 4.69) is 5.32 Å². The molecule has 0 spiro atoms. The molecule has 0 heterocycles. The number of nitrogens with one attached hydrogen (secondary N) is 1. The van der Waals surface area contributed by atoms with Crippen LogP contribution in [0.1, 0.15) is 44.9 Å². The van der Waals surface area contributed by atoms with Crippen molar-refractivity contribution in [3.8, 4) is 0 Å². The molecule has 4 aliphatic rings. The maximum atomic E-state index is 12.4. The van der Waals surface area contributed by atoms with E-state index in [1.165, 1.54) is 38.5 Å². The number of hydrogen-bond donors (Lipinski definition) is 1. The number of nitrogens with zero attached hydrogens (tertiary/aromatic N) is 1. The molecule has 1 N–H and O–H groups in total. The van der Waals surface area contributed by atoms with E-state index in [0.717, 1.165) is 23.4 Å². The largest absolute Gasteiger partial charge is 0.456 e. The van der Waals surface area contributed by atoms with Crippen molar-refractivity contribution in [1.82, 2.24) is 0 Å². The van der Waals surface area contributed by atoms with Gasteiger partial charge in [0.1, 0.15) is 0 Å². The van der Waals surface area contributed by atoms with E-state index in [4.69, 9.17) is 4.74 Å². The van der Waals surface area contributed by atoms with Crippen molar-refractivity contribution in [2.75, 3.05) is 30.9 Å². The van der Waals surface area contributed by atoms with E-state index in [1.807, 2.05) is 43.3 Å². The molecule has 1 aromatic carbocycles. The maximum absolute atomic E-state index is 12.4. The molecule has 0 unspecified atom stereocenters. The van der Waals surface area contributed by atoms with Crippen molar-refractivity contribution >= 4 is 23.3 Å². The van der Waals surface area contributed by atoms with Gasteiger partial charge in [0.25, 0.3) is 5.91 Å². The van der Waals surface area contributed by atoms with E-state index in [1.54, 1.807) is 0 Å². The number of hydrogen-bond acceptors (Lipinski definition) is 4.